The first kappa shape index (κ1) is 16.5. The summed E-state index contributed by atoms with van der Waals surface area (Å²) in [5.41, 5.74) is 0.823. The summed E-state index contributed by atoms with van der Waals surface area (Å²) in [6.07, 6.45) is 0.135. The Morgan fingerprint density at radius 1 is 1.25 bits per heavy atom. The predicted molar refractivity (Wildman–Crippen MR) is 75.4 cm³/mol. The average molecular weight is 300 g/mol. The van der Waals surface area contributed by atoms with Gasteiger partial charge in [0.1, 0.15) is 6.61 Å². The first-order valence-electron chi connectivity index (χ1n) is 6.15. The molecule has 0 aromatic heterocycles. The minimum Gasteiger partial charge on any atom is -0.469 e. The first-order chi connectivity index (χ1) is 9.58. The number of carbonyl (C=O) groups is 2. The van der Waals surface area contributed by atoms with Crippen LogP contribution in [-0.2, 0) is 25.6 Å². The van der Waals surface area contributed by atoms with E-state index >= 15 is 0 Å². The van der Waals surface area contributed by atoms with E-state index in [0.717, 1.165) is 5.56 Å². The molecule has 20 heavy (non-hydrogen) atoms. The van der Waals surface area contributed by atoms with Crippen molar-refractivity contribution in [1.29, 1.82) is 0 Å². The molecule has 0 unspecified atom stereocenters. The van der Waals surface area contributed by atoms with E-state index in [1.165, 1.54) is 19.1 Å². The Kier molecular flexibility index (Phi) is 7.04. The van der Waals surface area contributed by atoms with Crippen LogP contribution in [0.2, 0.25) is 5.02 Å². The lowest BCUT2D eigenvalue weighted by Crippen LogP contribution is -2.35. The van der Waals surface area contributed by atoms with Crippen LogP contribution >= 0.6 is 11.6 Å². The molecule has 1 aromatic carbocycles. The van der Waals surface area contributed by atoms with Crippen molar-refractivity contribution < 1.29 is 19.1 Å². The molecule has 1 rings (SSSR count). The lowest BCUT2D eigenvalue weighted by atomic mass is 10.2. The van der Waals surface area contributed by atoms with Gasteiger partial charge in [-0.2, -0.15) is 0 Å². The van der Waals surface area contributed by atoms with Gasteiger partial charge in [0.15, 0.2) is 0 Å². The molecule has 0 fully saturated rings. The number of halogens is 1. The average Bonchev–Trinajstić information content (AvgIpc) is 2.45. The summed E-state index contributed by atoms with van der Waals surface area (Å²) in [5.74, 6) is -0.560. The maximum Gasteiger partial charge on any atom is 0.307 e. The first-order valence-corrected chi connectivity index (χ1v) is 6.53. The van der Waals surface area contributed by atoms with E-state index in [9.17, 15) is 9.59 Å². The zero-order valence-corrected chi connectivity index (χ0v) is 12.4. The second kappa shape index (κ2) is 8.55. The van der Waals surface area contributed by atoms with Crippen LogP contribution < -0.4 is 0 Å². The minimum atomic E-state index is -0.362. The molecule has 0 aliphatic carbocycles. The number of methoxy groups -OCH3 is 2. The molecule has 1 amide bonds. The standard InChI is InChI=1S/C14H18ClNO4/c1-19-10-13(17)16(8-7-14(18)20-2)9-11-5-3-4-6-12(11)15/h3-6H,7-10H2,1-2H3. The van der Waals surface area contributed by atoms with Gasteiger partial charge in [0, 0.05) is 25.2 Å². The van der Waals surface area contributed by atoms with Crippen LogP contribution in [-0.4, -0.2) is 44.1 Å². The SMILES string of the molecule is COCC(=O)N(CCC(=O)OC)Cc1ccccc1Cl. The Bertz CT molecular complexity index is 464. The predicted octanol–water partition coefficient (Wildman–Crippen LogP) is 1.88. The fourth-order valence-corrected chi connectivity index (χ4v) is 1.86. The number of benzene rings is 1. The fourth-order valence-electron chi connectivity index (χ4n) is 1.67. The lowest BCUT2D eigenvalue weighted by Gasteiger charge is -2.22. The van der Waals surface area contributed by atoms with Gasteiger partial charge >= 0.3 is 5.97 Å². The molecule has 5 nitrogen and oxygen atoms in total. The highest BCUT2D eigenvalue weighted by atomic mass is 35.5. The Morgan fingerprint density at radius 3 is 2.55 bits per heavy atom. The molecule has 0 saturated carbocycles. The smallest absolute Gasteiger partial charge is 0.307 e. The van der Waals surface area contributed by atoms with Crippen molar-refractivity contribution in [3.8, 4) is 0 Å². The van der Waals surface area contributed by atoms with Crippen molar-refractivity contribution in [2.75, 3.05) is 27.4 Å². The molecule has 0 aliphatic heterocycles. The lowest BCUT2D eigenvalue weighted by molar-refractivity contribution is -0.142. The molecule has 0 saturated heterocycles. The number of amides is 1. The van der Waals surface area contributed by atoms with Gasteiger partial charge < -0.3 is 14.4 Å². The molecule has 0 spiro atoms. The van der Waals surface area contributed by atoms with Crippen molar-refractivity contribution in [2.24, 2.45) is 0 Å². The largest absolute Gasteiger partial charge is 0.469 e. The maximum absolute atomic E-state index is 12.0. The zero-order chi connectivity index (χ0) is 15.0. The molecule has 0 N–H and O–H groups in total. The van der Waals surface area contributed by atoms with Crippen LogP contribution in [0.15, 0.2) is 24.3 Å². The topological polar surface area (TPSA) is 55.8 Å². The molecule has 1 aromatic rings. The van der Waals surface area contributed by atoms with Crippen LogP contribution in [0.5, 0.6) is 0 Å². The van der Waals surface area contributed by atoms with Crippen LogP contribution in [0, 0.1) is 0 Å². The van der Waals surface area contributed by atoms with Crippen molar-refractivity contribution >= 4 is 23.5 Å². The van der Waals surface area contributed by atoms with Gasteiger partial charge in [-0.05, 0) is 11.6 Å². The third kappa shape index (κ3) is 5.19. The van der Waals surface area contributed by atoms with E-state index < -0.39 is 0 Å². The second-order valence-electron chi connectivity index (χ2n) is 4.17. The normalized spacial score (nSPS) is 10.2. The van der Waals surface area contributed by atoms with Crippen molar-refractivity contribution in [3.63, 3.8) is 0 Å². The number of ether oxygens (including phenoxy) is 2. The zero-order valence-electron chi connectivity index (χ0n) is 11.6. The molecule has 110 valence electrons. The van der Waals surface area contributed by atoms with Gasteiger partial charge in [-0.25, -0.2) is 0 Å². The van der Waals surface area contributed by atoms with Gasteiger partial charge in [0.05, 0.1) is 13.5 Å². The Morgan fingerprint density at radius 2 is 1.95 bits per heavy atom. The Hall–Kier alpha value is -1.59. The number of carbonyl (C=O) groups excluding carboxylic acids is 2. The van der Waals surface area contributed by atoms with E-state index in [-0.39, 0.29) is 31.4 Å². The summed E-state index contributed by atoms with van der Waals surface area (Å²) in [6.45, 7) is 0.560. The molecular formula is C14H18ClNO4. The maximum atomic E-state index is 12.0. The van der Waals surface area contributed by atoms with Gasteiger partial charge in [-0.3, -0.25) is 9.59 Å². The number of hydrogen-bond donors (Lipinski definition) is 0. The Labute approximate surface area is 123 Å². The second-order valence-corrected chi connectivity index (χ2v) is 4.57. The van der Waals surface area contributed by atoms with Gasteiger partial charge in [-0.1, -0.05) is 29.8 Å². The van der Waals surface area contributed by atoms with Crippen LogP contribution in [0.3, 0.4) is 0 Å². The van der Waals surface area contributed by atoms with Gasteiger partial charge in [0.2, 0.25) is 5.91 Å². The van der Waals surface area contributed by atoms with E-state index in [1.807, 2.05) is 18.2 Å². The number of hydrogen-bond acceptors (Lipinski definition) is 4. The quantitative estimate of drug-likeness (QED) is 0.721. The summed E-state index contributed by atoms with van der Waals surface area (Å²) in [4.78, 5) is 24.7. The monoisotopic (exact) mass is 299 g/mol. The van der Waals surface area contributed by atoms with E-state index in [2.05, 4.69) is 4.74 Å². The van der Waals surface area contributed by atoms with E-state index in [4.69, 9.17) is 16.3 Å². The molecule has 0 bridgehead atoms. The fraction of sp³-hybridized carbons (Fsp3) is 0.429. The van der Waals surface area contributed by atoms with Gasteiger partial charge in [0.25, 0.3) is 0 Å². The van der Waals surface area contributed by atoms with Crippen LogP contribution in [0.25, 0.3) is 0 Å². The third-order valence-corrected chi connectivity index (χ3v) is 3.12. The third-order valence-electron chi connectivity index (χ3n) is 2.75. The molecule has 0 radical (unpaired) electrons. The van der Waals surface area contributed by atoms with Crippen molar-refractivity contribution in [2.45, 2.75) is 13.0 Å². The van der Waals surface area contributed by atoms with Gasteiger partial charge in [-0.15, -0.1) is 0 Å². The van der Waals surface area contributed by atoms with E-state index in [0.29, 0.717) is 11.6 Å². The molecule has 0 atom stereocenters. The summed E-state index contributed by atoms with van der Waals surface area (Å²) < 4.78 is 9.43. The molecule has 0 aliphatic rings. The van der Waals surface area contributed by atoms with Crippen molar-refractivity contribution in [1.82, 2.24) is 4.90 Å². The summed E-state index contributed by atoms with van der Waals surface area (Å²) in [6, 6.07) is 7.27. The molecular weight excluding hydrogens is 282 g/mol. The number of nitrogens with zero attached hydrogens (tertiary/aromatic N) is 1. The highest BCUT2D eigenvalue weighted by Crippen LogP contribution is 2.17. The molecule has 0 heterocycles. The highest BCUT2D eigenvalue weighted by molar-refractivity contribution is 6.31. The summed E-state index contributed by atoms with van der Waals surface area (Å²) >= 11 is 6.08. The van der Waals surface area contributed by atoms with Crippen molar-refractivity contribution in [3.05, 3.63) is 34.9 Å². The number of rotatable bonds is 7. The molecule has 6 heteroatoms. The van der Waals surface area contributed by atoms with Crippen LogP contribution in [0.4, 0.5) is 0 Å². The summed E-state index contributed by atoms with van der Waals surface area (Å²) in [5, 5.41) is 0.584. The Balaban J connectivity index is 2.74. The highest BCUT2D eigenvalue weighted by Gasteiger charge is 2.16. The minimum absolute atomic E-state index is 0.0361. The van der Waals surface area contributed by atoms with E-state index in [1.54, 1.807) is 6.07 Å². The summed E-state index contributed by atoms with van der Waals surface area (Å²) in [7, 11) is 2.77. The number of esters is 1. The van der Waals surface area contributed by atoms with Crippen LogP contribution in [0.1, 0.15) is 12.0 Å².